The molecule has 2 N–H and O–H groups in total. The van der Waals surface area contributed by atoms with Gasteiger partial charge in [0.15, 0.2) is 5.15 Å². The number of hydrogen-bond acceptors (Lipinski definition) is 6. The third-order valence-electron chi connectivity index (χ3n) is 4.83. The molecule has 2 aromatic heterocycles. The number of sulfonamides is 1. The van der Waals surface area contributed by atoms with E-state index in [1.807, 2.05) is 25.1 Å². The van der Waals surface area contributed by atoms with Gasteiger partial charge in [-0.2, -0.15) is 0 Å². The van der Waals surface area contributed by atoms with Crippen molar-refractivity contribution in [1.82, 2.24) is 15.0 Å². The number of fused-ring (bicyclic) bond motifs is 1. The Hall–Kier alpha value is -3.30. The third kappa shape index (κ3) is 4.79. The molecule has 1 unspecified atom stereocenters. The van der Waals surface area contributed by atoms with Crippen LogP contribution in [0.5, 0.6) is 0 Å². The van der Waals surface area contributed by atoms with Crippen LogP contribution in [0.1, 0.15) is 18.5 Å². The van der Waals surface area contributed by atoms with E-state index in [-0.39, 0.29) is 22.7 Å². The predicted octanol–water partition coefficient (Wildman–Crippen LogP) is 5.03. The summed E-state index contributed by atoms with van der Waals surface area (Å²) < 4.78 is 39.8. The summed E-state index contributed by atoms with van der Waals surface area (Å²) in [5, 5.41) is 4.02. The van der Waals surface area contributed by atoms with Gasteiger partial charge in [-0.25, -0.2) is 27.8 Å². The Morgan fingerprint density at radius 3 is 2.56 bits per heavy atom. The summed E-state index contributed by atoms with van der Waals surface area (Å²) in [5.74, 6) is 0.244. The van der Waals surface area contributed by atoms with Crippen LogP contribution >= 0.6 is 11.6 Å². The molecule has 2 aromatic carbocycles. The molecule has 0 amide bonds. The summed E-state index contributed by atoms with van der Waals surface area (Å²) in [6, 6.07) is 13.4. The number of halogens is 2. The molecule has 10 heteroatoms. The number of nitrogens with one attached hydrogen (secondary N) is 2. The first-order chi connectivity index (χ1) is 15.2. The zero-order valence-electron chi connectivity index (χ0n) is 17.2. The Morgan fingerprint density at radius 2 is 1.81 bits per heavy atom. The third-order valence-corrected chi connectivity index (χ3v) is 5.72. The molecule has 7 nitrogen and oxygen atoms in total. The molecule has 0 saturated carbocycles. The average molecular weight is 472 g/mol. The highest BCUT2D eigenvalue weighted by molar-refractivity contribution is 7.92. The molecule has 4 rings (SSSR count). The molecular weight excluding hydrogens is 453 g/mol. The van der Waals surface area contributed by atoms with Crippen LogP contribution in [0.2, 0.25) is 5.15 Å². The lowest BCUT2D eigenvalue weighted by molar-refractivity contribution is 0.600. The highest BCUT2D eigenvalue weighted by Gasteiger charge is 2.14. The maximum absolute atomic E-state index is 14.2. The fourth-order valence-corrected chi connectivity index (χ4v) is 4.10. The lowest BCUT2D eigenvalue weighted by Gasteiger charge is -2.17. The van der Waals surface area contributed by atoms with Crippen LogP contribution in [0.4, 0.5) is 15.9 Å². The van der Waals surface area contributed by atoms with E-state index in [9.17, 15) is 12.8 Å². The standard InChI is InChI=1S/C22H19ClFN5O2S/c1-13(16-5-3-4-6-18(16)24)28-22-17-9-14(7-8-19(17)26-12-27-22)15-10-20(21(23)25-11-15)29-32(2,30)31/h3-13,29H,1-2H3,(H,26,27,28). The Morgan fingerprint density at radius 1 is 1.03 bits per heavy atom. The van der Waals surface area contributed by atoms with E-state index >= 15 is 0 Å². The minimum absolute atomic E-state index is 0.0457. The quantitative estimate of drug-likeness (QED) is 0.383. The Labute approximate surface area is 189 Å². The first-order valence-electron chi connectivity index (χ1n) is 9.61. The number of aromatic nitrogens is 3. The van der Waals surface area contributed by atoms with Crippen molar-refractivity contribution in [1.29, 1.82) is 0 Å². The first kappa shape index (κ1) is 21.9. The van der Waals surface area contributed by atoms with Crippen LogP contribution in [-0.2, 0) is 10.0 Å². The SMILES string of the molecule is CC(Nc1ncnc2ccc(-c3cnc(Cl)c(NS(C)(=O)=O)c3)cc12)c1ccccc1F. The van der Waals surface area contributed by atoms with Gasteiger partial charge in [-0.3, -0.25) is 4.72 Å². The van der Waals surface area contributed by atoms with Crippen molar-refractivity contribution in [3.05, 3.63) is 77.6 Å². The summed E-state index contributed by atoms with van der Waals surface area (Å²) in [7, 11) is -3.52. The van der Waals surface area contributed by atoms with Crippen molar-refractivity contribution in [2.24, 2.45) is 0 Å². The van der Waals surface area contributed by atoms with Crippen molar-refractivity contribution in [3.8, 4) is 11.1 Å². The van der Waals surface area contributed by atoms with Crippen molar-refractivity contribution in [2.75, 3.05) is 16.3 Å². The van der Waals surface area contributed by atoms with Crippen LogP contribution in [0.25, 0.3) is 22.0 Å². The van der Waals surface area contributed by atoms with Crippen LogP contribution < -0.4 is 10.0 Å². The van der Waals surface area contributed by atoms with E-state index in [2.05, 4.69) is 25.0 Å². The molecule has 1 atom stereocenters. The van der Waals surface area contributed by atoms with Crippen LogP contribution in [0, 0.1) is 5.82 Å². The van der Waals surface area contributed by atoms with Crippen molar-refractivity contribution < 1.29 is 12.8 Å². The predicted molar refractivity (Wildman–Crippen MR) is 125 cm³/mol. The number of rotatable bonds is 6. The number of nitrogens with zero attached hydrogens (tertiary/aromatic N) is 3. The van der Waals surface area contributed by atoms with Crippen LogP contribution in [0.15, 0.2) is 61.1 Å². The van der Waals surface area contributed by atoms with Gasteiger partial charge in [0, 0.05) is 22.7 Å². The Bertz CT molecular complexity index is 1410. The van der Waals surface area contributed by atoms with Gasteiger partial charge in [-0.05, 0) is 36.8 Å². The van der Waals surface area contributed by atoms with Crippen molar-refractivity contribution in [3.63, 3.8) is 0 Å². The van der Waals surface area contributed by atoms with E-state index in [1.54, 1.807) is 30.5 Å². The molecule has 0 aliphatic carbocycles. The van der Waals surface area contributed by atoms with Crippen molar-refractivity contribution >= 4 is 44.0 Å². The van der Waals surface area contributed by atoms with E-state index in [4.69, 9.17) is 11.6 Å². The van der Waals surface area contributed by atoms with Gasteiger partial charge in [-0.1, -0.05) is 35.9 Å². The van der Waals surface area contributed by atoms with Gasteiger partial charge in [0.05, 0.1) is 23.5 Å². The molecule has 0 aliphatic heterocycles. The molecule has 0 saturated heterocycles. The van der Waals surface area contributed by atoms with E-state index in [1.165, 1.54) is 12.4 Å². The van der Waals surface area contributed by atoms with E-state index < -0.39 is 10.0 Å². The topological polar surface area (TPSA) is 96.9 Å². The molecular formula is C22H19ClFN5O2S. The maximum atomic E-state index is 14.2. The first-order valence-corrected chi connectivity index (χ1v) is 11.9. The molecule has 0 spiro atoms. The fraction of sp³-hybridized carbons (Fsp3) is 0.136. The summed E-state index contributed by atoms with van der Waals surface area (Å²) in [6.45, 7) is 1.85. The Kier molecular flexibility index (Phi) is 5.94. The molecule has 4 aromatic rings. The van der Waals surface area contributed by atoms with Gasteiger partial charge >= 0.3 is 0 Å². The fourth-order valence-electron chi connectivity index (χ4n) is 3.34. The van der Waals surface area contributed by atoms with E-state index in [0.29, 0.717) is 22.5 Å². The normalized spacial score (nSPS) is 12.5. The van der Waals surface area contributed by atoms with Crippen LogP contribution in [-0.4, -0.2) is 29.6 Å². The second-order valence-corrected chi connectivity index (χ2v) is 9.38. The lowest BCUT2D eigenvalue weighted by Crippen LogP contribution is -2.10. The minimum atomic E-state index is -3.52. The van der Waals surface area contributed by atoms with E-state index in [0.717, 1.165) is 17.2 Å². The zero-order valence-corrected chi connectivity index (χ0v) is 18.7. The summed E-state index contributed by atoms with van der Waals surface area (Å²) in [5.41, 5.74) is 2.81. The number of benzene rings is 2. The molecule has 2 heterocycles. The maximum Gasteiger partial charge on any atom is 0.229 e. The highest BCUT2D eigenvalue weighted by atomic mass is 35.5. The summed E-state index contributed by atoms with van der Waals surface area (Å²) in [4.78, 5) is 12.7. The number of pyridine rings is 1. The molecule has 0 radical (unpaired) electrons. The largest absolute Gasteiger partial charge is 0.363 e. The second-order valence-electron chi connectivity index (χ2n) is 7.28. The van der Waals surface area contributed by atoms with Gasteiger partial charge in [-0.15, -0.1) is 0 Å². The molecule has 164 valence electrons. The van der Waals surface area contributed by atoms with Gasteiger partial charge in [0.1, 0.15) is 18.0 Å². The molecule has 32 heavy (non-hydrogen) atoms. The summed E-state index contributed by atoms with van der Waals surface area (Å²) >= 11 is 6.04. The number of hydrogen-bond donors (Lipinski definition) is 2. The Balaban J connectivity index is 1.73. The molecule has 0 aliphatic rings. The smallest absolute Gasteiger partial charge is 0.229 e. The van der Waals surface area contributed by atoms with Crippen molar-refractivity contribution in [2.45, 2.75) is 13.0 Å². The zero-order chi connectivity index (χ0) is 22.9. The molecule has 0 bridgehead atoms. The monoisotopic (exact) mass is 471 g/mol. The van der Waals surface area contributed by atoms with Crippen LogP contribution in [0.3, 0.4) is 0 Å². The second kappa shape index (κ2) is 8.68. The summed E-state index contributed by atoms with van der Waals surface area (Å²) in [6.07, 6.45) is 4.03. The van der Waals surface area contributed by atoms with Gasteiger partial charge in [0.25, 0.3) is 0 Å². The molecule has 0 fully saturated rings. The minimum Gasteiger partial charge on any atom is -0.363 e. The van der Waals surface area contributed by atoms with Gasteiger partial charge < -0.3 is 5.32 Å². The van der Waals surface area contributed by atoms with Gasteiger partial charge in [0.2, 0.25) is 10.0 Å². The lowest BCUT2D eigenvalue weighted by atomic mass is 10.0. The average Bonchev–Trinajstić information content (AvgIpc) is 2.74. The highest BCUT2D eigenvalue weighted by Crippen LogP contribution is 2.31. The number of anilines is 2.